The third-order valence-corrected chi connectivity index (χ3v) is 8.63. The number of anilines is 1. The van der Waals surface area contributed by atoms with Crippen LogP contribution in [-0.4, -0.2) is 59.2 Å². The molecule has 6 N–H and O–H groups in total. The first-order valence-corrected chi connectivity index (χ1v) is 13.7. The lowest BCUT2D eigenvalue weighted by Crippen LogP contribution is -2.47. The fraction of sp³-hybridized carbons (Fsp3) is 0.414. The summed E-state index contributed by atoms with van der Waals surface area (Å²) < 4.78 is 53.0. The van der Waals surface area contributed by atoms with Crippen molar-refractivity contribution in [3.05, 3.63) is 83.4 Å². The van der Waals surface area contributed by atoms with Crippen LogP contribution in [0.4, 0.5) is 23.4 Å². The first kappa shape index (κ1) is 28.9. The molecule has 2 aliphatic heterocycles. The van der Waals surface area contributed by atoms with Crippen LogP contribution in [0.5, 0.6) is 0 Å². The molecule has 2 fully saturated rings. The molecule has 8 nitrogen and oxygen atoms in total. The molecule has 218 valence electrons. The predicted molar refractivity (Wildman–Crippen MR) is 149 cm³/mol. The Bertz CT molecular complexity index is 1480. The van der Waals surface area contributed by atoms with Crippen molar-refractivity contribution < 1.29 is 17.6 Å². The predicted octanol–water partition coefficient (Wildman–Crippen LogP) is 3.67. The number of rotatable bonds is 5. The number of nitrogens with two attached hydrogens (primary N) is 2. The van der Waals surface area contributed by atoms with Gasteiger partial charge < -0.3 is 26.7 Å². The van der Waals surface area contributed by atoms with Gasteiger partial charge in [0, 0.05) is 37.0 Å². The van der Waals surface area contributed by atoms with E-state index in [4.69, 9.17) is 11.5 Å². The van der Waals surface area contributed by atoms with Crippen LogP contribution in [0.3, 0.4) is 0 Å². The Hall–Kier alpha value is -3.61. The summed E-state index contributed by atoms with van der Waals surface area (Å²) in [6.07, 6.45) is 6.29. The zero-order chi connectivity index (χ0) is 29.0. The second kappa shape index (κ2) is 12.1. The van der Waals surface area contributed by atoms with Gasteiger partial charge in [0.2, 0.25) is 0 Å². The van der Waals surface area contributed by atoms with Gasteiger partial charge >= 0.3 is 0 Å². The summed E-state index contributed by atoms with van der Waals surface area (Å²) in [6.45, 7) is 4.02. The second-order valence-corrected chi connectivity index (χ2v) is 10.8. The topological polar surface area (TPSA) is 122 Å². The number of hydrogen-bond acceptors (Lipinski definition) is 7. The zero-order valence-electron chi connectivity index (χ0n) is 22.6. The van der Waals surface area contributed by atoms with Crippen LogP contribution in [0.2, 0.25) is 0 Å². The number of fused-ring (bicyclic) bond motifs is 1. The lowest BCUT2D eigenvalue weighted by atomic mass is 9.73. The van der Waals surface area contributed by atoms with Crippen molar-refractivity contribution in [2.75, 3.05) is 44.2 Å². The Morgan fingerprint density at radius 1 is 0.732 bits per heavy atom. The second-order valence-electron chi connectivity index (χ2n) is 10.8. The highest BCUT2D eigenvalue weighted by Gasteiger charge is 2.36. The summed E-state index contributed by atoms with van der Waals surface area (Å²) in [5, 5.41) is 3.25. The molecule has 2 aromatic carbocycles. The van der Waals surface area contributed by atoms with E-state index in [2.05, 4.69) is 30.2 Å². The summed E-state index contributed by atoms with van der Waals surface area (Å²) >= 11 is 0. The molecule has 0 aliphatic carbocycles. The highest BCUT2D eigenvalue weighted by molar-refractivity contribution is 5.82. The van der Waals surface area contributed by atoms with Gasteiger partial charge in [-0.15, -0.1) is 0 Å². The summed E-state index contributed by atoms with van der Waals surface area (Å²) in [6, 6.07) is 8.20. The van der Waals surface area contributed by atoms with E-state index < -0.39 is 23.3 Å². The lowest BCUT2D eigenvalue weighted by molar-refractivity contribution is 0.314. The van der Waals surface area contributed by atoms with E-state index in [1.54, 1.807) is 18.5 Å². The minimum Gasteiger partial charge on any atom is -0.355 e. The molecular weight excluding hydrogens is 536 g/mol. The molecule has 4 aromatic rings. The molecule has 0 spiro atoms. The van der Waals surface area contributed by atoms with Crippen LogP contribution in [0.1, 0.15) is 36.8 Å². The highest BCUT2D eigenvalue weighted by Crippen LogP contribution is 2.37. The minimum absolute atomic E-state index is 0.195. The number of piperidine rings is 2. The van der Waals surface area contributed by atoms with E-state index in [0.29, 0.717) is 31.8 Å². The Morgan fingerprint density at radius 3 is 1.83 bits per heavy atom. The number of halogens is 4. The molecule has 2 saturated heterocycles. The minimum atomic E-state index is -0.837. The van der Waals surface area contributed by atoms with Gasteiger partial charge in [-0.3, -0.25) is 0 Å². The number of aromatic nitrogens is 4. The zero-order valence-corrected chi connectivity index (χ0v) is 22.6. The fourth-order valence-electron chi connectivity index (χ4n) is 5.92. The molecule has 41 heavy (non-hydrogen) atoms. The average Bonchev–Trinajstić information content (AvgIpc) is 3.50. The van der Waals surface area contributed by atoms with Crippen molar-refractivity contribution in [2.24, 2.45) is 11.5 Å². The van der Waals surface area contributed by atoms with Gasteiger partial charge in [-0.2, -0.15) is 0 Å². The number of nitrogens with one attached hydrogen (secondary N) is 2. The van der Waals surface area contributed by atoms with Gasteiger partial charge in [-0.05, 0) is 74.2 Å². The molecule has 2 aliphatic rings. The van der Waals surface area contributed by atoms with E-state index >= 15 is 0 Å². The molecule has 0 radical (unpaired) electrons. The normalized spacial score (nSPS) is 18.1. The van der Waals surface area contributed by atoms with Gasteiger partial charge in [0.1, 0.15) is 11.8 Å². The van der Waals surface area contributed by atoms with Crippen molar-refractivity contribution in [1.29, 1.82) is 0 Å². The summed E-state index contributed by atoms with van der Waals surface area (Å²) in [5.41, 5.74) is 14.3. The molecule has 0 amide bonds. The van der Waals surface area contributed by atoms with Crippen molar-refractivity contribution in [1.82, 2.24) is 25.3 Å². The third-order valence-electron chi connectivity index (χ3n) is 8.63. The molecule has 0 saturated carbocycles. The van der Waals surface area contributed by atoms with Crippen LogP contribution in [0.15, 0.2) is 49.1 Å². The Kier molecular flexibility index (Phi) is 8.52. The van der Waals surface area contributed by atoms with E-state index in [0.717, 1.165) is 61.2 Å². The third kappa shape index (κ3) is 5.77. The molecule has 0 atom stereocenters. The summed E-state index contributed by atoms with van der Waals surface area (Å²) in [5.74, 6) is -2.45. The standard InChI is InChI=1S/C17H18F2N6.C12H16F2N2/c18-12-2-1-11(7-13(12)19)17(8-20)3-5-25(6-4-17)16-14-15(22-9-21-14)23-10-24-16;13-10-2-1-9(7-11(10)14)12(8-15)3-5-16-6-4-12/h1-2,7,9-10H,3-6,8,20H2,(H,21,22,23,24);1-2,7,16H,3-6,8,15H2. The van der Waals surface area contributed by atoms with E-state index in [1.807, 2.05) is 0 Å². The highest BCUT2D eigenvalue weighted by atomic mass is 19.2. The van der Waals surface area contributed by atoms with Crippen molar-refractivity contribution in [3.8, 4) is 0 Å². The Morgan fingerprint density at radius 2 is 1.29 bits per heavy atom. The number of H-pyrrole nitrogens is 1. The van der Waals surface area contributed by atoms with Crippen molar-refractivity contribution in [2.45, 2.75) is 36.5 Å². The summed E-state index contributed by atoms with van der Waals surface area (Å²) in [7, 11) is 0. The Balaban J connectivity index is 0.000000182. The SMILES string of the molecule is NCC1(c2ccc(F)c(F)c2)CCN(c2ncnc3nc[nH]c23)CC1.NCC1(c2ccc(F)c(F)c2)CCNCC1. The van der Waals surface area contributed by atoms with Gasteiger partial charge in [-0.1, -0.05) is 12.1 Å². The number of imidazole rings is 1. The van der Waals surface area contributed by atoms with Crippen LogP contribution in [-0.2, 0) is 10.8 Å². The lowest BCUT2D eigenvalue weighted by Gasteiger charge is -2.42. The maximum Gasteiger partial charge on any atom is 0.182 e. The molecule has 0 unspecified atom stereocenters. The largest absolute Gasteiger partial charge is 0.355 e. The van der Waals surface area contributed by atoms with Crippen molar-refractivity contribution in [3.63, 3.8) is 0 Å². The fourth-order valence-corrected chi connectivity index (χ4v) is 5.92. The molecule has 2 aromatic heterocycles. The molecular formula is C29H34F4N8. The van der Waals surface area contributed by atoms with Gasteiger partial charge in [-0.25, -0.2) is 32.5 Å². The maximum absolute atomic E-state index is 13.7. The van der Waals surface area contributed by atoms with Gasteiger partial charge in [0.25, 0.3) is 0 Å². The summed E-state index contributed by atoms with van der Waals surface area (Å²) in [4.78, 5) is 17.9. The maximum atomic E-state index is 13.7. The number of hydrogen-bond donors (Lipinski definition) is 4. The van der Waals surface area contributed by atoms with Crippen molar-refractivity contribution >= 4 is 17.0 Å². The Labute approximate surface area is 235 Å². The smallest absolute Gasteiger partial charge is 0.182 e. The van der Waals surface area contributed by atoms with Crippen LogP contribution >= 0.6 is 0 Å². The van der Waals surface area contributed by atoms with Crippen LogP contribution in [0, 0.1) is 23.3 Å². The van der Waals surface area contributed by atoms with Crippen LogP contribution < -0.4 is 21.7 Å². The quantitative estimate of drug-likeness (QED) is 0.270. The van der Waals surface area contributed by atoms with Gasteiger partial charge in [0.15, 0.2) is 34.7 Å². The first-order chi connectivity index (χ1) is 19.8. The number of aromatic amines is 1. The molecule has 4 heterocycles. The average molecular weight is 571 g/mol. The number of benzene rings is 2. The first-order valence-electron chi connectivity index (χ1n) is 13.7. The van der Waals surface area contributed by atoms with E-state index in [-0.39, 0.29) is 10.8 Å². The molecule has 6 rings (SSSR count). The monoisotopic (exact) mass is 570 g/mol. The van der Waals surface area contributed by atoms with Gasteiger partial charge in [0.05, 0.1) is 6.33 Å². The molecule has 12 heteroatoms. The van der Waals surface area contributed by atoms with Crippen LogP contribution in [0.25, 0.3) is 11.2 Å². The van der Waals surface area contributed by atoms with E-state index in [9.17, 15) is 17.6 Å². The molecule has 0 bridgehead atoms. The van der Waals surface area contributed by atoms with E-state index in [1.165, 1.54) is 30.6 Å². The number of nitrogens with zero attached hydrogens (tertiary/aromatic N) is 4.